The second-order valence-electron chi connectivity index (χ2n) is 9.32. The zero-order valence-corrected chi connectivity index (χ0v) is 20.2. The molecule has 2 aliphatic heterocycles. The molecule has 1 aromatic heterocycles. The first-order chi connectivity index (χ1) is 17.8. The number of rotatable bonds is 7. The molecular weight excluding hydrogens is 484 g/mol. The number of aromatic nitrogens is 2. The number of aryl methyl sites for hydroxylation is 2. The van der Waals surface area contributed by atoms with E-state index >= 15 is 0 Å². The van der Waals surface area contributed by atoms with E-state index in [1.165, 1.54) is 6.26 Å². The molecule has 0 spiro atoms. The molecule has 1 fully saturated rings. The first kappa shape index (κ1) is 25.5. The molecule has 11 heteroatoms. The zero-order valence-electron chi connectivity index (χ0n) is 20.2. The smallest absolute Gasteiger partial charge is 0.288 e. The summed E-state index contributed by atoms with van der Waals surface area (Å²) in [5, 5.41) is 59.4. The van der Waals surface area contributed by atoms with Gasteiger partial charge in [0.25, 0.3) is 5.79 Å². The summed E-state index contributed by atoms with van der Waals surface area (Å²) in [6, 6.07) is 3.46. The van der Waals surface area contributed by atoms with Crippen LogP contribution in [0, 0.1) is 6.92 Å². The van der Waals surface area contributed by atoms with E-state index in [0.717, 1.165) is 24.0 Å². The molecule has 0 unspecified atom stereocenters. The van der Waals surface area contributed by atoms with Crippen LogP contribution in [0.5, 0.6) is 5.75 Å². The van der Waals surface area contributed by atoms with Crippen molar-refractivity contribution in [1.29, 1.82) is 0 Å². The number of ether oxygens (including phenoxy) is 4. The summed E-state index contributed by atoms with van der Waals surface area (Å²) in [6.45, 7) is 1.14. The van der Waals surface area contributed by atoms with Gasteiger partial charge in [0, 0.05) is 6.42 Å². The average Bonchev–Trinajstić information content (AvgIpc) is 3.32. The lowest BCUT2D eigenvalue weighted by molar-refractivity contribution is -0.385. The van der Waals surface area contributed by atoms with E-state index in [4.69, 9.17) is 18.9 Å². The Bertz CT molecular complexity index is 1280. The van der Waals surface area contributed by atoms with Crippen molar-refractivity contribution in [3.05, 3.63) is 71.2 Å². The number of aliphatic hydroxyl groups excluding tert-OH is 4. The topological polar surface area (TPSA) is 167 Å². The Balaban J connectivity index is 1.37. The van der Waals surface area contributed by atoms with Crippen LogP contribution in [-0.2, 0) is 20.6 Å². The monoisotopic (exact) mass is 514 g/mol. The fraction of sp³-hybridized carbons (Fsp3) is 0.423. The Hall–Kier alpha value is -3.19. The maximum Gasteiger partial charge on any atom is 0.288 e. The summed E-state index contributed by atoms with van der Waals surface area (Å²) in [5.41, 5.74) is 3.00. The molecule has 0 bridgehead atoms. The van der Waals surface area contributed by atoms with Crippen molar-refractivity contribution in [3.8, 4) is 5.75 Å². The Morgan fingerprint density at radius 1 is 1.19 bits per heavy atom. The third-order valence-corrected chi connectivity index (χ3v) is 6.64. The van der Waals surface area contributed by atoms with Crippen LogP contribution in [-0.4, -0.2) is 72.7 Å². The van der Waals surface area contributed by atoms with Crippen LogP contribution in [0.1, 0.15) is 30.5 Å². The maximum absolute atomic E-state index is 11.0. The van der Waals surface area contributed by atoms with Crippen LogP contribution in [0.15, 0.2) is 60.0 Å². The predicted octanol–water partition coefficient (Wildman–Crippen LogP) is 1.31. The largest absolute Gasteiger partial charge is 0.465 e. The van der Waals surface area contributed by atoms with E-state index in [2.05, 4.69) is 16.3 Å². The van der Waals surface area contributed by atoms with Crippen molar-refractivity contribution in [2.75, 3.05) is 6.61 Å². The second-order valence-corrected chi connectivity index (χ2v) is 9.32. The van der Waals surface area contributed by atoms with Gasteiger partial charge in [-0.1, -0.05) is 18.2 Å². The summed E-state index contributed by atoms with van der Waals surface area (Å²) in [7, 11) is 0. The Labute approximate surface area is 212 Å². The number of hydrogen-bond acceptors (Lipinski definition) is 10. The molecule has 0 amide bonds. The molecule has 1 aliphatic carbocycles. The summed E-state index contributed by atoms with van der Waals surface area (Å²) in [6.07, 6.45) is 4.85. The normalized spacial score (nSPS) is 29.7. The van der Waals surface area contributed by atoms with E-state index < -0.39 is 37.0 Å². The van der Waals surface area contributed by atoms with Gasteiger partial charge < -0.3 is 44.5 Å². The van der Waals surface area contributed by atoms with Crippen molar-refractivity contribution in [3.63, 3.8) is 0 Å². The molecule has 11 nitrogen and oxygen atoms in total. The van der Waals surface area contributed by atoms with Crippen molar-refractivity contribution in [1.82, 2.24) is 10.2 Å². The van der Waals surface area contributed by atoms with Crippen LogP contribution in [0.3, 0.4) is 0 Å². The van der Waals surface area contributed by atoms with E-state index in [1.807, 2.05) is 18.2 Å². The number of hydrogen-bond donors (Lipinski definition) is 6. The Morgan fingerprint density at radius 3 is 2.78 bits per heavy atom. The number of nitrogens with one attached hydrogen (secondary N) is 1. The second kappa shape index (κ2) is 10.3. The fourth-order valence-electron chi connectivity index (χ4n) is 4.62. The van der Waals surface area contributed by atoms with Crippen molar-refractivity contribution in [2.45, 2.75) is 63.0 Å². The molecule has 1 aromatic carbocycles. The first-order valence-electron chi connectivity index (χ1n) is 12.1. The minimum absolute atomic E-state index is 0.118. The van der Waals surface area contributed by atoms with Gasteiger partial charge in [-0.15, -0.1) is 0 Å². The van der Waals surface area contributed by atoms with E-state index in [9.17, 15) is 25.5 Å². The van der Waals surface area contributed by atoms with Crippen LogP contribution in [0.2, 0.25) is 0 Å². The molecule has 5 atom stereocenters. The number of aromatic amines is 1. The van der Waals surface area contributed by atoms with Crippen molar-refractivity contribution >= 4 is 10.9 Å². The highest BCUT2D eigenvalue weighted by molar-refractivity contribution is 5.88. The maximum atomic E-state index is 11.0. The molecule has 198 valence electrons. The van der Waals surface area contributed by atoms with Crippen LogP contribution >= 0.6 is 0 Å². The Kier molecular flexibility index (Phi) is 7.08. The first-order valence-corrected chi connectivity index (χ1v) is 12.1. The van der Waals surface area contributed by atoms with Gasteiger partial charge in [-0.2, -0.15) is 5.10 Å². The minimum atomic E-state index is -2.70. The third kappa shape index (κ3) is 4.89. The van der Waals surface area contributed by atoms with Gasteiger partial charge in [0.15, 0.2) is 11.9 Å². The van der Waals surface area contributed by atoms with Gasteiger partial charge >= 0.3 is 0 Å². The predicted molar refractivity (Wildman–Crippen MR) is 130 cm³/mol. The SMILES string of the molecule is Cc1cc(O[C@]2(O)[C@@H](O)O[C@H](CO)[C@@H](O)[C@@H]2O)c2c(CCC3=COC=C(C4=CC=CCC4)O3)n[nH]c2c1. The summed E-state index contributed by atoms with van der Waals surface area (Å²) < 4.78 is 22.4. The standard InChI is InChI=1S/C26H30N2O9/c1-14-9-18-22(19(10-14)37-26(33)24(31)23(30)20(11-29)36-25(26)32)17(27-28-18)8-7-16-12-34-13-21(35-16)15-5-3-2-4-6-15/h2-3,5,9-10,12-13,20,23-25,29-33H,4,6-8,11H2,1H3,(H,27,28)/t20-,23-,24+,25+,26+/m1/s1. The van der Waals surface area contributed by atoms with Crippen LogP contribution < -0.4 is 4.74 Å². The molecule has 3 aliphatic rings. The molecule has 0 radical (unpaired) electrons. The number of allylic oxidation sites excluding steroid dienone is 5. The highest BCUT2D eigenvalue weighted by Gasteiger charge is 2.57. The highest BCUT2D eigenvalue weighted by atomic mass is 16.7. The number of fused-ring (bicyclic) bond motifs is 1. The van der Waals surface area contributed by atoms with E-state index in [0.29, 0.717) is 41.0 Å². The highest BCUT2D eigenvalue weighted by Crippen LogP contribution is 2.37. The van der Waals surface area contributed by atoms with Crippen molar-refractivity contribution < 1.29 is 44.5 Å². The Morgan fingerprint density at radius 2 is 2.03 bits per heavy atom. The quantitative estimate of drug-likeness (QED) is 0.297. The summed E-state index contributed by atoms with van der Waals surface area (Å²) >= 11 is 0. The number of nitrogens with zero attached hydrogens (tertiary/aromatic N) is 1. The zero-order chi connectivity index (χ0) is 26.2. The van der Waals surface area contributed by atoms with Gasteiger partial charge in [-0.05, 0) is 49.5 Å². The van der Waals surface area contributed by atoms with Crippen molar-refractivity contribution in [2.24, 2.45) is 0 Å². The molecule has 2 aromatic rings. The lowest BCUT2D eigenvalue weighted by atomic mass is 9.95. The molecule has 5 rings (SSSR count). The number of benzene rings is 1. The molecular formula is C26H30N2O9. The van der Waals surface area contributed by atoms with Gasteiger partial charge in [0.1, 0.15) is 36.2 Å². The minimum Gasteiger partial charge on any atom is -0.465 e. The molecule has 3 heterocycles. The van der Waals surface area contributed by atoms with Gasteiger partial charge in [0.2, 0.25) is 6.29 Å². The van der Waals surface area contributed by atoms with E-state index in [1.54, 1.807) is 19.3 Å². The fourth-order valence-corrected chi connectivity index (χ4v) is 4.62. The lowest BCUT2D eigenvalue weighted by Gasteiger charge is -2.45. The van der Waals surface area contributed by atoms with Gasteiger partial charge in [0.05, 0.1) is 23.2 Å². The molecule has 6 N–H and O–H groups in total. The van der Waals surface area contributed by atoms with Gasteiger partial charge in [-0.3, -0.25) is 5.10 Å². The van der Waals surface area contributed by atoms with Gasteiger partial charge in [-0.25, -0.2) is 0 Å². The average molecular weight is 515 g/mol. The summed E-state index contributed by atoms with van der Waals surface area (Å²) in [5.74, 6) is -1.31. The summed E-state index contributed by atoms with van der Waals surface area (Å²) in [4.78, 5) is 0. The third-order valence-electron chi connectivity index (χ3n) is 6.64. The van der Waals surface area contributed by atoms with E-state index in [-0.39, 0.29) is 5.75 Å². The number of aliphatic hydroxyl groups is 5. The van der Waals surface area contributed by atoms with Crippen LogP contribution in [0.25, 0.3) is 10.9 Å². The molecule has 0 saturated carbocycles. The molecule has 1 saturated heterocycles. The lowest BCUT2D eigenvalue weighted by Crippen LogP contribution is -2.69. The number of H-pyrrole nitrogens is 1. The van der Waals surface area contributed by atoms with Crippen LogP contribution in [0.4, 0.5) is 0 Å². The molecule has 37 heavy (non-hydrogen) atoms.